The molecular weight excluding hydrogens is 293 g/mol. The van der Waals surface area contributed by atoms with Gasteiger partial charge in [0.2, 0.25) is 0 Å². The van der Waals surface area contributed by atoms with E-state index in [1.54, 1.807) is 0 Å². The molecule has 0 spiro atoms. The minimum Gasteiger partial charge on any atom is -0.481 e. The van der Waals surface area contributed by atoms with Crippen LogP contribution in [0.4, 0.5) is 23.7 Å². The quantitative estimate of drug-likeness (QED) is 0.896. The number of urea groups is 1. The summed E-state index contributed by atoms with van der Waals surface area (Å²) in [4.78, 5) is 23.6. The molecule has 114 valence electrons. The van der Waals surface area contributed by atoms with Gasteiger partial charge in [0.25, 0.3) is 0 Å². The summed E-state index contributed by atoms with van der Waals surface area (Å²) in [7, 11) is 0. The molecule has 1 aliphatic heterocycles. The monoisotopic (exact) mass is 304 g/mol. The van der Waals surface area contributed by atoms with E-state index in [1.807, 2.05) is 0 Å². The molecule has 21 heavy (non-hydrogen) atoms. The van der Waals surface area contributed by atoms with Gasteiger partial charge in [0.1, 0.15) is 0 Å². The van der Waals surface area contributed by atoms with E-state index in [9.17, 15) is 22.8 Å². The van der Waals surface area contributed by atoms with Gasteiger partial charge in [-0.1, -0.05) is 12.1 Å². The van der Waals surface area contributed by atoms with Gasteiger partial charge in [0, 0.05) is 13.1 Å². The van der Waals surface area contributed by atoms with E-state index in [0.29, 0.717) is 0 Å². The van der Waals surface area contributed by atoms with Gasteiger partial charge in [-0.3, -0.25) is 4.79 Å². The first kappa shape index (κ1) is 14.9. The molecule has 1 heterocycles. The first-order valence-electron chi connectivity index (χ1n) is 5.90. The van der Waals surface area contributed by atoms with Crippen LogP contribution in [0, 0.1) is 5.92 Å². The predicted molar refractivity (Wildman–Crippen MR) is 64.8 cm³/mol. The Kier molecular flexibility index (Phi) is 3.92. The number of aliphatic carboxylic acids is 1. The van der Waals surface area contributed by atoms with Crippen molar-refractivity contribution in [2.24, 2.45) is 5.92 Å². The number of carboxylic acids is 1. The number of para-hydroxylation sites is 2. The van der Waals surface area contributed by atoms with E-state index in [-0.39, 0.29) is 18.8 Å². The number of anilines is 1. The Hall–Kier alpha value is -2.45. The number of carbonyl (C=O) groups excluding carboxylic acids is 1. The zero-order valence-electron chi connectivity index (χ0n) is 10.6. The zero-order valence-corrected chi connectivity index (χ0v) is 10.6. The SMILES string of the molecule is O=C(O)C1CN(C(=O)Nc2ccccc2OC(F)(F)F)C1. The fraction of sp³-hybridized carbons (Fsp3) is 0.333. The highest BCUT2D eigenvalue weighted by molar-refractivity contribution is 5.92. The number of hydrogen-bond acceptors (Lipinski definition) is 3. The highest BCUT2D eigenvalue weighted by Crippen LogP contribution is 2.30. The van der Waals surface area contributed by atoms with Crippen molar-refractivity contribution in [2.45, 2.75) is 6.36 Å². The van der Waals surface area contributed by atoms with Crippen molar-refractivity contribution in [1.82, 2.24) is 4.90 Å². The third-order valence-electron chi connectivity index (χ3n) is 2.87. The van der Waals surface area contributed by atoms with Gasteiger partial charge in [0.15, 0.2) is 5.75 Å². The van der Waals surface area contributed by atoms with Gasteiger partial charge in [-0.05, 0) is 12.1 Å². The molecule has 0 unspecified atom stereocenters. The maximum absolute atomic E-state index is 12.2. The van der Waals surface area contributed by atoms with Gasteiger partial charge in [0.05, 0.1) is 11.6 Å². The summed E-state index contributed by atoms with van der Waals surface area (Å²) < 4.78 is 40.5. The molecule has 1 aromatic carbocycles. The van der Waals surface area contributed by atoms with Crippen LogP contribution < -0.4 is 10.1 Å². The summed E-state index contributed by atoms with van der Waals surface area (Å²) in [6.07, 6.45) is -4.87. The molecule has 0 radical (unpaired) electrons. The number of alkyl halides is 3. The van der Waals surface area contributed by atoms with E-state index in [1.165, 1.54) is 23.1 Å². The van der Waals surface area contributed by atoms with Crippen LogP contribution in [0.3, 0.4) is 0 Å². The normalized spacial score (nSPS) is 15.3. The fourth-order valence-electron chi connectivity index (χ4n) is 1.78. The molecule has 6 nitrogen and oxygen atoms in total. The number of nitrogens with zero attached hydrogens (tertiary/aromatic N) is 1. The number of nitrogens with one attached hydrogen (secondary N) is 1. The number of rotatable bonds is 3. The molecule has 1 aliphatic rings. The second-order valence-electron chi connectivity index (χ2n) is 4.41. The minimum atomic E-state index is -4.87. The second-order valence-corrected chi connectivity index (χ2v) is 4.41. The van der Waals surface area contributed by atoms with E-state index in [0.717, 1.165) is 6.07 Å². The minimum absolute atomic E-state index is 0.0173. The van der Waals surface area contributed by atoms with Crippen molar-refractivity contribution in [1.29, 1.82) is 0 Å². The summed E-state index contributed by atoms with van der Waals surface area (Å²) in [5.74, 6) is -2.19. The van der Waals surface area contributed by atoms with Gasteiger partial charge in [-0.15, -0.1) is 13.2 Å². The molecule has 9 heteroatoms. The molecule has 1 saturated heterocycles. The lowest BCUT2D eigenvalue weighted by molar-refractivity contribution is -0.274. The lowest BCUT2D eigenvalue weighted by atomic mass is 10.0. The third-order valence-corrected chi connectivity index (χ3v) is 2.87. The average molecular weight is 304 g/mol. The fourth-order valence-corrected chi connectivity index (χ4v) is 1.78. The number of halogens is 3. The molecule has 1 fully saturated rings. The van der Waals surface area contributed by atoms with E-state index in [2.05, 4.69) is 10.1 Å². The molecule has 0 saturated carbocycles. The second kappa shape index (κ2) is 5.51. The lowest BCUT2D eigenvalue weighted by Gasteiger charge is -2.36. The summed E-state index contributed by atoms with van der Waals surface area (Å²) in [6, 6.07) is 4.42. The smallest absolute Gasteiger partial charge is 0.481 e. The lowest BCUT2D eigenvalue weighted by Crippen LogP contribution is -2.54. The number of likely N-dealkylation sites (tertiary alicyclic amines) is 1. The zero-order chi connectivity index (χ0) is 15.6. The van der Waals surface area contributed by atoms with Crippen molar-refractivity contribution in [3.63, 3.8) is 0 Å². The number of amides is 2. The van der Waals surface area contributed by atoms with Crippen molar-refractivity contribution in [3.05, 3.63) is 24.3 Å². The highest BCUT2D eigenvalue weighted by Gasteiger charge is 2.36. The van der Waals surface area contributed by atoms with Gasteiger partial charge in [-0.2, -0.15) is 0 Å². The average Bonchev–Trinajstić information content (AvgIpc) is 2.27. The van der Waals surface area contributed by atoms with E-state index >= 15 is 0 Å². The largest absolute Gasteiger partial charge is 0.573 e. The first-order chi connectivity index (χ1) is 9.76. The maximum atomic E-state index is 12.2. The number of benzene rings is 1. The Morgan fingerprint density at radius 1 is 1.29 bits per heavy atom. The molecule has 0 bridgehead atoms. The van der Waals surface area contributed by atoms with Crippen molar-refractivity contribution in [3.8, 4) is 5.75 Å². The maximum Gasteiger partial charge on any atom is 0.573 e. The van der Waals surface area contributed by atoms with Crippen molar-refractivity contribution < 1.29 is 32.6 Å². The Labute approximate surface area is 117 Å². The van der Waals surface area contributed by atoms with Crippen LogP contribution in [0.2, 0.25) is 0 Å². The van der Waals surface area contributed by atoms with E-state index < -0.39 is 30.0 Å². The summed E-state index contributed by atoms with van der Waals surface area (Å²) >= 11 is 0. The molecule has 2 N–H and O–H groups in total. The Bertz CT molecular complexity index is 556. The van der Waals surface area contributed by atoms with E-state index in [4.69, 9.17) is 5.11 Å². The van der Waals surface area contributed by atoms with Crippen LogP contribution >= 0.6 is 0 Å². The van der Waals surface area contributed by atoms with Crippen molar-refractivity contribution in [2.75, 3.05) is 18.4 Å². The molecular formula is C12H11F3N2O4. The Morgan fingerprint density at radius 3 is 2.48 bits per heavy atom. The summed E-state index contributed by atoms with van der Waals surface area (Å²) in [5, 5.41) is 11.0. The van der Waals surface area contributed by atoms with Gasteiger partial charge < -0.3 is 20.1 Å². The van der Waals surface area contributed by atoms with Crippen LogP contribution in [-0.2, 0) is 4.79 Å². The van der Waals surface area contributed by atoms with Crippen LogP contribution in [0.5, 0.6) is 5.75 Å². The Morgan fingerprint density at radius 2 is 1.90 bits per heavy atom. The summed E-state index contributed by atoms with van der Waals surface area (Å²) in [6.45, 7) is 0.0346. The van der Waals surface area contributed by atoms with Gasteiger partial charge >= 0.3 is 18.4 Å². The van der Waals surface area contributed by atoms with Crippen LogP contribution in [0.1, 0.15) is 0 Å². The van der Waals surface area contributed by atoms with Crippen LogP contribution in [-0.4, -0.2) is 41.5 Å². The number of carboxylic acid groups (broad SMARTS) is 1. The number of ether oxygens (including phenoxy) is 1. The van der Waals surface area contributed by atoms with Crippen LogP contribution in [0.25, 0.3) is 0 Å². The molecule has 2 amide bonds. The molecule has 1 aromatic rings. The summed E-state index contributed by atoms with van der Waals surface area (Å²) in [5.41, 5.74) is -0.140. The highest BCUT2D eigenvalue weighted by atomic mass is 19.4. The molecule has 0 aliphatic carbocycles. The number of carbonyl (C=O) groups is 2. The molecule has 0 atom stereocenters. The first-order valence-corrected chi connectivity index (χ1v) is 5.90. The molecule has 2 rings (SSSR count). The van der Waals surface area contributed by atoms with Gasteiger partial charge in [-0.25, -0.2) is 4.79 Å². The Balaban J connectivity index is 2.00. The predicted octanol–water partition coefficient (Wildman–Crippen LogP) is 2.13. The third kappa shape index (κ3) is 3.77. The topological polar surface area (TPSA) is 78.9 Å². The number of hydrogen-bond donors (Lipinski definition) is 2. The van der Waals surface area contributed by atoms with Crippen LogP contribution in [0.15, 0.2) is 24.3 Å². The standard InChI is InChI=1S/C12H11F3N2O4/c13-12(14,15)21-9-4-2-1-3-8(9)16-11(20)17-5-7(6-17)10(18)19/h1-4,7H,5-6H2,(H,16,20)(H,18,19). The van der Waals surface area contributed by atoms with Crippen molar-refractivity contribution >= 4 is 17.7 Å². The molecule has 0 aromatic heterocycles.